The average molecular weight is 390 g/mol. The normalized spacial score (nSPS) is 21.0. The van der Waals surface area contributed by atoms with Crippen molar-refractivity contribution in [2.75, 3.05) is 13.1 Å². The topological polar surface area (TPSA) is 75.2 Å². The number of hydrogen-bond donors (Lipinski definition) is 1. The first-order chi connectivity index (χ1) is 13.0. The number of nitrogens with zero attached hydrogens (tertiary/aromatic N) is 3. The van der Waals surface area contributed by atoms with Crippen molar-refractivity contribution in [1.29, 1.82) is 0 Å². The number of nitrogens with one attached hydrogen (secondary N) is 1. The van der Waals surface area contributed by atoms with E-state index >= 15 is 0 Å². The van der Waals surface area contributed by atoms with Crippen LogP contribution in [-0.4, -0.2) is 35.8 Å². The van der Waals surface area contributed by atoms with Crippen LogP contribution in [0.5, 0.6) is 0 Å². The Kier molecular flexibility index (Phi) is 4.96. The second-order valence-corrected chi connectivity index (χ2v) is 9.06. The molecule has 0 radical (unpaired) electrons. The summed E-state index contributed by atoms with van der Waals surface area (Å²) in [6.07, 6.45) is 5.05. The molecule has 0 aliphatic carbocycles. The molecule has 1 aromatic carbocycles. The first kappa shape index (κ1) is 18.5. The molecule has 4 rings (SSSR count). The molecule has 1 fully saturated rings. The highest BCUT2D eigenvalue weighted by molar-refractivity contribution is 7.89. The monoisotopic (exact) mass is 390 g/mol. The number of fused-ring (bicyclic) bond motifs is 1. The molecule has 1 N–H and O–H groups in total. The molecular weight excluding hydrogens is 367 g/mol. The molecule has 2 aliphatic heterocycles. The predicted molar refractivity (Wildman–Crippen MR) is 99.1 cm³/mol. The summed E-state index contributed by atoms with van der Waals surface area (Å²) in [7, 11) is -3.75. The molecule has 144 valence electrons. The van der Waals surface area contributed by atoms with E-state index in [2.05, 4.69) is 10.3 Å². The fourth-order valence-corrected chi connectivity index (χ4v) is 5.52. The zero-order valence-electron chi connectivity index (χ0n) is 15.3. The van der Waals surface area contributed by atoms with E-state index in [-0.39, 0.29) is 10.9 Å². The Labute approximate surface area is 158 Å². The van der Waals surface area contributed by atoms with Crippen molar-refractivity contribution in [2.45, 2.75) is 50.1 Å². The second-order valence-electron chi connectivity index (χ2n) is 7.17. The van der Waals surface area contributed by atoms with Crippen LogP contribution in [0.2, 0.25) is 0 Å². The number of aromatic nitrogens is 2. The summed E-state index contributed by atoms with van der Waals surface area (Å²) < 4.78 is 41.6. The lowest BCUT2D eigenvalue weighted by molar-refractivity contribution is 0.245. The maximum absolute atomic E-state index is 13.6. The molecular formula is C19H23FN4O2S. The van der Waals surface area contributed by atoms with Crippen LogP contribution in [0.15, 0.2) is 29.3 Å². The summed E-state index contributed by atoms with van der Waals surface area (Å²) in [5.41, 5.74) is 2.39. The first-order valence-corrected chi connectivity index (χ1v) is 10.7. The van der Waals surface area contributed by atoms with Crippen LogP contribution in [-0.2, 0) is 23.0 Å². The minimum atomic E-state index is -3.75. The van der Waals surface area contributed by atoms with E-state index in [1.165, 1.54) is 22.5 Å². The van der Waals surface area contributed by atoms with Gasteiger partial charge in [0, 0.05) is 43.5 Å². The van der Waals surface area contributed by atoms with E-state index in [1.54, 1.807) is 6.92 Å². The van der Waals surface area contributed by atoms with Crippen molar-refractivity contribution < 1.29 is 12.8 Å². The van der Waals surface area contributed by atoms with Crippen molar-refractivity contribution in [3.63, 3.8) is 0 Å². The van der Waals surface area contributed by atoms with Gasteiger partial charge in [0.2, 0.25) is 10.0 Å². The molecule has 0 amide bonds. The van der Waals surface area contributed by atoms with Gasteiger partial charge in [-0.05, 0) is 43.5 Å². The number of piperidine rings is 1. The fourth-order valence-electron chi connectivity index (χ4n) is 3.78. The highest BCUT2D eigenvalue weighted by Crippen LogP contribution is 2.34. The standard InChI is InChI=1S/C19H23FN4O2S/c1-13-10-15(5-6-16(13)20)27(25,26)24-9-3-2-4-18(24)19-22-12-14-11-21-8-7-17(14)23-19/h5-6,10,12,18,21H,2-4,7-9,11H2,1H3/t18-/m1/s1. The Morgan fingerprint density at radius 1 is 1.30 bits per heavy atom. The Bertz CT molecular complexity index is 964. The molecule has 2 aromatic rings. The van der Waals surface area contributed by atoms with E-state index in [0.29, 0.717) is 24.4 Å². The van der Waals surface area contributed by atoms with Crippen LogP contribution in [0.1, 0.15) is 47.9 Å². The highest BCUT2D eigenvalue weighted by atomic mass is 32.2. The van der Waals surface area contributed by atoms with Gasteiger partial charge in [0.1, 0.15) is 11.6 Å². The van der Waals surface area contributed by atoms with Gasteiger partial charge in [0.15, 0.2) is 0 Å². The van der Waals surface area contributed by atoms with Gasteiger partial charge in [-0.3, -0.25) is 0 Å². The van der Waals surface area contributed by atoms with Gasteiger partial charge >= 0.3 is 0 Å². The van der Waals surface area contributed by atoms with Gasteiger partial charge in [-0.15, -0.1) is 0 Å². The lowest BCUT2D eigenvalue weighted by Gasteiger charge is -2.34. The van der Waals surface area contributed by atoms with Crippen LogP contribution in [0, 0.1) is 12.7 Å². The van der Waals surface area contributed by atoms with Gasteiger partial charge in [0.05, 0.1) is 10.9 Å². The molecule has 1 atom stereocenters. The van der Waals surface area contributed by atoms with Crippen LogP contribution in [0.25, 0.3) is 0 Å². The number of sulfonamides is 1. The lowest BCUT2D eigenvalue weighted by atomic mass is 10.0. The SMILES string of the molecule is Cc1cc(S(=O)(=O)N2CCCC[C@@H]2c2ncc3c(n2)CCNC3)ccc1F. The van der Waals surface area contributed by atoms with E-state index in [0.717, 1.165) is 43.6 Å². The van der Waals surface area contributed by atoms with Gasteiger partial charge in [0.25, 0.3) is 0 Å². The third-order valence-corrected chi connectivity index (χ3v) is 7.22. The van der Waals surface area contributed by atoms with Gasteiger partial charge < -0.3 is 5.32 Å². The maximum atomic E-state index is 13.6. The zero-order valence-corrected chi connectivity index (χ0v) is 16.1. The van der Waals surface area contributed by atoms with Crippen LogP contribution >= 0.6 is 0 Å². The molecule has 1 saturated heterocycles. The minimum Gasteiger partial charge on any atom is -0.312 e. The maximum Gasteiger partial charge on any atom is 0.243 e. The van der Waals surface area contributed by atoms with Crippen LogP contribution < -0.4 is 5.32 Å². The van der Waals surface area contributed by atoms with Gasteiger partial charge in [-0.2, -0.15) is 4.31 Å². The zero-order chi connectivity index (χ0) is 19.0. The Hall–Kier alpha value is -1.90. The van der Waals surface area contributed by atoms with E-state index in [1.807, 2.05) is 6.20 Å². The lowest BCUT2D eigenvalue weighted by Crippen LogP contribution is -2.39. The molecule has 8 heteroatoms. The van der Waals surface area contributed by atoms with Crippen molar-refractivity contribution >= 4 is 10.0 Å². The summed E-state index contributed by atoms with van der Waals surface area (Å²) >= 11 is 0. The third kappa shape index (κ3) is 3.49. The van der Waals surface area contributed by atoms with E-state index in [9.17, 15) is 12.8 Å². The molecule has 0 bridgehead atoms. The Morgan fingerprint density at radius 2 is 2.15 bits per heavy atom. The molecule has 3 heterocycles. The van der Waals surface area contributed by atoms with Crippen molar-refractivity contribution in [1.82, 2.24) is 19.6 Å². The quantitative estimate of drug-likeness (QED) is 0.872. The molecule has 27 heavy (non-hydrogen) atoms. The number of benzene rings is 1. The number of aryl methyl sites for hydroxylation is 1. The Balaban J connectivity index is 1.71. The van der Waals surface area contributed by atoms with E-state index in [4.69, 9.17) is 4.98 Å². The van der Waals surface area contributed by atoms with E-state index < -0.39 is 15.8 Å². The van der Waals surface area contributed by atoms with Crippen molar-refractivity contribution in [3.05, 3.63) is 52.9 Å². The third-order valence-electron chi connectivity index (χ3n) is 5.31. The van der Waals surface area contributed by atoms with Crippen LogP contribution in [0.4, 0.5) is 4.39 Å². The second kappa shape index (κ2) is 7.26. The smallest absolute Gasteiger partial charge is 0.243 e. The molecule has 2 aliphatic rings. The summed E-state index contributed by atoms with van der Waals surface area (Å²) in [6, 6.07) is 3.57. The van der Waals surface area contributed by atoms with Crippen LogP contribution in [0.3, 0.4) is 0 Å². The average Bonchev–Trinajstić information content (AvgIpc) is 2.69. The number of halogens is 1. The number of rotatable bonds is 3. The Morgan fingerprint density at radius 3 is 2.96 bits per heavy atom. The summed E-state index contributed by atoms with van der Waals surface area (Å²) in [4.78, 5) is 9.32. The first-order valence-electron chi connectivity index (χ1n) is 9.30. The molecule has 6 nitrogen and oxygen atoms in total. The van der Waals surface area contributed by atoms with Crippen molar-refractivity contribution in [3.8, 4) is 0 Å². The predicted octanol–water partition coefficient (Wildman–Crippen LogP) is 2.49. The molecule has 0 saturated carbocycles. The highest BCUT2D eigenvalue weighted by Gasteiger charge is 2.36. The summed E-state index contributed by atoms with van der Waals surface area (Å²) in [5, 5.41) is 3.29. The fraction of sp³-hybridized carbons (Fsp3) is 0.474. The number of hydrogen-bond acceptors (Lipinski definition) is 5. The van der Waals surface area contributed by atoms with Crippen molar-refractivity contribution in [2.24, 2.45) is 0 Å². The largest absolute Gasteiger partial charge is 0.312 e. The van der Waals surface area contributed by atoms with Gasteiger partial charge in [-0.25, -0.2) is 22.8 Å². The summed E-state index contributed by atoms with van der Waals surface area (Å²) in [5.74, 6) is 0.161. The molecule has 0 unspecified atom stereocenters. The molecule has 0 spiro atoms. The minimum absolute atomic E-state index is 0.121. The summed E-state index contributed by atoms with van der Waals surface area (Å²) in [6.45, 7) is 3.61. The molecule has 1 aromatic heterocycles. The van der Waals surface area contributed by atoms with Gasteiger partial charge in [-0.1, -0.05) is 6.42 Å².